The third-order valence-electron chi connectivity index (χ3n) is 5.43. The van der Waals surface area contributed by atoms with Gasteiger partial charge in [-0.2, -0.15) is 0 Å². The third-order valence-corrected chi connectivity index (χ3v) is 5.43. The molecule has 3 aromatic rings. The van der Waals surface area contributed by atoms with Crippen molar-refractivity contribution in [1.82, 2.24) is 4.90 Å². The van der Waals surface area contributed by atoms with Crippen molar-refractivity contribution in [2.24, 2.45) is 5.73 Å². The van der Waals surface area contributed by atoms with Crippen molar-refractivity contribution in [2.75, 3.05) is 37.7 Å². The first-order chi connectivity index (χ1) is 14.6. The van der Waals surface area contributed by atoms with Crippen LogP contribution in [-0.4, -0.2) is 49.6 Å². The van der Waals surface area contributed by atoms with Crippen LogP contribution in [0.3, 0.4) is 0 Å². The third kappa shape index (κ3) is 4.02. The topological polar surface area (TPSA) is 89.0 Å². The molecule has 7 nitrogen and oxygen atoms in total. The summed E-state index contributed by atoms with van der Waals surface area (Å²) < 4.78 is 11.0. The molecule has 0 spiro atoms. The molecule has 0 aliphatic carbocycles. The Labute approximate surface area is 175 Å². The van der Waals surface area contributed by atoms with E-state index in [1.165, 1.54) is 0 Å². The van der Waals surface area contributed by atoms with E-state index in [0.717, 1.165) is 42.8 Å². The van der Waals surface area contributed by atoms with Gasteiger partial charge in [-0.15, -0.1) is 0 Å². The van der Waals surface area contributed by atoms with E-state index in [1.807, 2.05) is 36.4 Å². The summed E-state index contributed by atoms with van der Waals surface area (Å²) in [4.78, 5) is 28.3. The van der Waals surface area contributed by atoms with Gasteiger partial charge in [0, 0.05) is 54.9 Å². The first-order valence-corrected chi connectivity index (χ1v) is 10.1. The smallest absolute Gasteiger partial charge is 0.374 e. The molecule has 1 fully saturated rings. The molecule has 2 N–H and O–H groups in total. The van der Waals surface area contributed by atoms with Crippen LogP contribution in [0.15, 0.2) is 52.9 Å². The zero-order valence-electron chi connectivity index (χ0n) is 17.0. The minimum Gasteiger partial charge on any atom is -0.460 e. The summed E-state index contributed by atoms with van der Waals surface area (Å²) >= 11 is 0. The minimum absolute atomic E-state index is 0.294. The Hall–Kier alpha value is -3.32. The number of hydrogen-bond donors (Lipinski definition) is 1. The Morgan fingerprint density at radius 2 is 1.73 bits per heavy atom. The Bertz CT molecular complexity index is 1050. The predicted octanol–water partition coefficient (Wildman–Crippen LogP) is 3.03. The highest BCUT2D eigenvalue weighted by molar-refractivity contribution is 5.96. The van der Waals surface area contributed by atoms with Gasteiger partial charge in [-0.3, -0.25) is 9.69 Å². The molecule has 0 saturated carbocycles. The van der Waals surface area contributed by atoms with Gasteiger partial charge in [-0.1, -0.05) is 18.2 Å². The van der Waals surface area contributed by atoms with Gasteiger partial charge in [0.25, 0.3) is 0 Å². The fourth-order valence-electron chi connectivity index (χ4n) is 3.84. The normalized spacial score (nSPS) is 14.8. The van der Waals surface area contributed by atoms with Gasteiger partial charge in [0.1, 0.15) is 5.58 Å². The van der Waals surface area contributed by atoms with Crippen molar-refractivity contribution in [3.05, 3.63) is 65.4 Å². The van der Waals surface area contributed by atoms with Crippen molar-refractivity contribution in [3.63, 3.8) is 0 Å². The Morgan fingerprint density at radius 3 is 2.40 bits per heavy atom. The van der Waals surface area contributed by atoms with Gasteiger partial charge in [-0.25, -0.2) is 4.79 Å². The summed E-state index contributed by atoms with van der Waals surface area (Å²) in [6, 6.07) is 15.1. The lowest BCUT2D eigenvalue weighted by Crippen LogP contribution is -2.46. The number of fused-ring (bicyclic) bond motifs is 1. The number of amides is 1. The second-order valence-electron chi connectivity index (χ2n) is 7.30. The van der Waals surface area contributed by atoms with E-state index in [9.17, 15) is 9.59 Å². The molecular weight excluding hydrogens is 382 g/mol. The SMILES string of the molecule is CCOC(=O)c1oc2ccccc2c1CN1CCN(c2ccc(C(N)=O)cc2)CC1. The number of esters is 1. The number of nitrogens with two attached hydrogens (primary N) is 1. The fourth-order valence-corrected chi connectivity index (χ4v) is 3.84. The van der Waals surface area contributed by atoms with Crippen LogP contribution in [0.1, 0.15) is 33.4 Å². The summed E-state index contributed by atoms with van der Waals surface area (Å²) in [5.74, 6) is -0.546. The van der Waals surface area contributed by atoms with Crippen LogP contribution in [-0.2, 0) is 11.3 Å². The van der Waals surface area contributed by atoms with Gasteiger partial charge in [-0.05, 0) is 37.3 Å². The molecular formula is C23H25N3O4. The van der Waals surface area contributed by atoms with Crippen molar-refractivity contribution < 1.29 is 18.7 Å². The number of piperazine rings is 1. The molecule has 30 heavy (non-hydrogen) atoms. The lowest BCUT2D eigenvalue weighted by Gasteiger charge is -2.36. The molecule has 0 radical (unpaired) electrons. The molecule has 0 bridgehead atoms. The number of carbonyl (C=O) groups excluding carboxylic acids is 2. The van der Waals surface area contributed by atoms with E-state index >= 15 is 0 Å². The monoisotopic (exact) mass is 407 g/mol. The zero-order chi connectivity index (χ0) is 21.1. The van der Waals surface area contributed by atoms with E-state index in [1.54, 1.807) is 19.1 Å². The molecule has 2 aromatic carbocycles. The number of ether oxygens (including phenoxy) is 1. The molecule has 7 heteroatoms. The summed E-state index contributed by atoms with van der Waals surface area (Å²) in [6.45, 7) is 6.11. The summed E-state index contributed by atoms with van der Waals surface area (Å²) in [5, 5.41) is 0.949. The van der Waals surface area contributed by atoms with Crippen LogP contribution in [0.25, 0.3) is 11.0 Å². The number of carbonyl (C=O) groups is 2. The lowest BCUT2D eigenvalue weighted by atomic mass is 10.1. The fraction of sp³-hybridized carbons (Fsp3) is 0.304. The van der Waals surface area contributed by atoms with Crippen LogP contribution < -0.4 is 10.6 Å². The lowest BCUT2D eigenvalue weighted by molar-refractivity contribution is 0.0489. The summed E-state index contributed by atoms with van der Waals surface area (Å²) in [5.41, 5.74) is 8.47. The molecule has 1 aliphatic rings. The number of furan rings is 1. The Kier molecular flexibility index (Phi) is 5.72. The van der Waals surface area contributed by atoms with E-state index in [0.29, 0.717) is 30.1 Å². The predicted molar refractivity (Wildman–Crippen MR) is 115 cm³/mol. The molecule has 4 rings (SSSR count). The maximum absolute atomic E-state index is 12.4. The molecule has 2 heterocycles. The molecule has 0 atom stereocenters. The first-order valence-electron chi connectivity index (χ1n) is 10.1. The standard InChI is InChI=1S/C23H25N3O4/c1-2-29-23(28)21-19(18-5-3-4-6-20(18)30-21)15-25-11-13-26(14-12-25)17-9-7-16(8-10-17)22(24)27/h3-10H,2,11-15H2,1H3,(H2,24,27). The van der Waals surface area contributed by atoms with Crippen LogP contribution in [0.2, 0.25) is 0 Å². The Morgan fingerprint density at radius 1 is 1.03 bits per heavy atom. The van der Waals surface area contributed by atoms with E-state index in [-0.39, 0.29) is 0 Å². The van der Waals surface area contributed by atoms with Crippen molar-refractivity contribution in [2.45, 2.75) is 13.5 Å². The zero-order valence-corrected chi connectivity index (χ0v) is 17.0. The summed E-state index contributed by atoms with van der Waals surface area (Å²) in [7, 11) is 0. The van der Waals surface area contributed by atoms with Crippen LogP contribution in [0.4, 0.5) is 5.69 Å². The van der Waals surface area contributed by atoms with Crippen molar-refractivity contribution in [1.29, 1.82) is 0 Å². The van der Waals surface area contributed by atoms with Crippen LogP contribution in [0.5, 0.6) is 0 Å². The highest BCUT2D eigenvalue weighted by Gasteiger charge is 2.25. The second kappa shape index (κ2) is 8.59. The van der Waals surface area contributed by atoms with Gasteiger partial charge in [0.05, 0.1) is 6.61 Å². The average molecular weight is 407 g/mol. The molecule has 0 unspecified atom stereocenters. The second-order valence-corrected chi connectivity index (χ2v) is 7.30. The quantitative estimate of drug-likeness (QED) is 0.632. The minimum atomic E-state index is -0.420. The van der Waals surface area contributed by atoms with Gasteiger partial charge in [0.15, 0.2) is 0 Å². The number of primary amides is 1. The number of benzene rings is 2. The maximum Gasteiger partial charge on any atom is 0.374 e. The first kappa shape index (κ1) is 20.0. The largest absolute Gasteiger partial charge is 0.460 e. The molecule has 1 amide bonds. The highest BCUT2D eigenvalue weighted by Crippen LogP contribution is 2.28. The van der Waals surface area contributed by atoms with Crippen molar-refractivity contribution in [3.8, 4) is 0 Å². The summed E-state index contributed by atoms with van der Waals surface area (Å²) in [6.07, 6.45) is 0. The highest BCUT2D eigenvalue weighted by atomic mass is 16.5. The number of rotatable bonds is 6. The number of nitrogens with zero attached hydrogens (tertiary/aromatic N) is 2. The number of hydrogen-bond acceptors (Lipinski definition) is 6. The van der Waals surface area contributed by atoms with E-state index in [2.05, 4.69) is 9.80 Å². The maximum atomic E-state index is 12.4. The molecule has 1 aliphatic heterocycles. The molecule has 1 saturated heterocycles. The Balaban J connectivity index is 1.47. The number of anilines is 1. The van der Waals surface area contributed by atoms with Crippen LogP contribution >= 0.6 is 0 Å². The van der Waals surface area contributed by atoms with E-state index < -0.39 is 11.9 Å². The van der Waals surface area contributed by atoms with Gasteiger partial charge in [0.2, 0.25) is 11.7 Å². The molecule has 156 valence electrons. The van der Waals surface area contributed by atoms with Crippen molar-refractivity contribution >= 4 is 28.5 Å². The average Bonchev–Trinajstić information content (AvgIpc) is 3.13. The van der Waals surface area contributed by atoms with E-state index in [4.69, 9.17) is 14.9 Å². The number of para-hydroxylation sites is 1. The van der Waals surface area contributed by atoms with Gasteiger partial charge >= 0.3 is 5.97 Å². The van der Waals surface area contributed by atoms with Gasteiger partial charge < -0.3 is 19.8 Å². The molecule has 1 aromatic heterocycles. The van der Waals surface area contributed by atoms with Crippen LogP contribution in [0, 0.1) is 0 Å².